The van der Waals surface area contributed by atoms with E-state index in [0.717, 1.165) is 0 Å². The molecule has 0 atom stereocenters. The van der Waals surface area contributed by atoms with Crippen LogP contribution in [0.4, 0.5) is 26.3 Å². The Morgan fingerprint density at radius 2 is 0.571 bits per heavy atom. The molecule has 0 bridgehead atoms. The molecule has 0 radical (unpaired) electrons. The van der Waals surface area contributed by atoms with Crippen LogP contribution in [0, 0.1) is 0 Å². The quantitative estimate of drug-likeness (QED) is 0.342. The molecule has 0 saturated heterocycles. The molecule has 0 heterocycles. The molecule has 14 heavy (non-hydrogen) atoms. The number of allylic oxidation sites excluding steroid dienone is 2. The van der Waals surface area contributed by atoms with Crippen LogP contribution >= 0.6 is 67.9 Å². The predicted octanol–water partition coefficient (Wildman–Crippen LogP) is 5.45. The van der Waals surface area contributed by atoms with Crippen molar-refractivity contribution in [3.63, 3.8) is 0 Å². The van der Waals surface area contributed by atoms with Crippen molar-refractivity contribution in [3.8, 4) is 0 Å². The van der Waals surface area contributed by atoms with Gasteiger partial charge in [0.15, 0.2) is 0 Å². The molecule has 0 spiro atoms. The molecular weight excluding hydrogens is 482 g/mol. The van der Waals surface area contributed by atoms with E-state index in [1.165, 1.54) is 0 Å². The summed E-state index contributed by atoms with van der Waals surface area (Å²) in [4.78, 5) is 0. The molecule has 0 nitrogen and oxygen atoms in total. The maximum Gasteiger partial charge on any atom is 0.308 e. The third-order valence-electron chi connectivity index (χ3n) is 0.525. The number of hydrogen-bond donors (Lipinski definition) is 0. The monoisotopic (exact) mass is 482 g/mol. The van der Waals surface area contributed by atoms with E-state index in [-0.39, 0.29) is 67.9 Å². The Morgan fingerprint density at radius 1 is 0.429 bits per heavy atom. The molecule has 0 amide bonds. The fourth-order valence-corrected chi connectivity index (χ4v) is 0.166. The van der Waals surface area contributed by atoms with Crippen molar-refractivity contribution in [1.82, 2.24) is 0 Å². The van der Waals surface area contributed by atoms with E-state index in [0.29, 0.717) is 0 Å². The van der Waals surface area contributed by atoms with Gasteiger partial charge in [-0.2, -0.15) is 26.3 Å². The van der Waals surface area contributed by atoms with Gasteiger partial charge in [0.2, 0.25) is 11.7 Å². The van der Waals surface area contributed by atoms with E-state index in [1.807, 2.05) is 0 Å². The van der Waals surface area contributed by atoms with Gasteiger partial charge in [0, 0.05) is 0 Å². The van der Waals surface area contributed by atoms with Crippen molar-refractivity contribution < 1.29 is 26.3 Å². The van der Waals surface area contributed by atoms with Gasteiger partial charge in [-0.3, -0.25) is 0 Å². The minimum atomic E-state index is -3.11. The topological polar surface area (TPSA) is 0 Å². The van der Waals surface area contributed by atoms with Gasteiger partial charge in [-0.25, -0.2) is 0 Å². The van der Waals surface area contributed by atoms with Crippen LogP contribution in [-0.4, -0.2) is 0 Å². The summed E-state index contributed by atoms with van der Waals surface area (Å²) in [5.41, 5.74) is 0. The van der Waals surface area contributed by atoms with Gasteiger partial charge in [0.05, 0.1) is 0 Å². The summed E-state index contributed by atoms with van der Waals surface area (Å²) in [6, 6.07) is 0. The van der Waals surface area contributed by atoms with E-state index in [1.54, 1.807) is 0 Å². The summed E-state index contributed by atoms with van der Waals surface area (Å²) in [7, 11) is 0. The van der Waals surface area contributed by atoms with E-state index in [9.17, 15) is 26.3 Å². The van der Waals surface area contributed by atoms with Crippen molar-refractivity contribution in [2.75, 3.05) is 0 Å². The van der Waals surface area contributed by atoms with Crippen molar-refractivity contribution in [1.29, 1.82) is 0 Å². The minimum Gasteiger partial charge on any atom is -0.198 e. The molecule has 0 aliphatic carbocycles. The summed E-state index contributed by atoms with van der Waals surface area (Å²) >= 11 is 0. The lowest BCUT2D eigenvalue weighted by Crippen LogP contribution is -1.78. The summed E-state index contributed by atoms with van der Waals surface area (Å²) in [6.07, 6.45) is -6.21. The standard InChI is InChI=1S/C4F6.4BrH/c5-1(3(7)8)2(6)4(9)10;;;;/h;4*1H. The smallest absolute Gasteiger partial charge is 0.198 e. The molecule has 10 heteroatoms. The van der Waals surface area contributed by atoms with E-state index >= 15 is 0 Å². The molecule has 0 aliphatic heterocycles. The highest BCUT2D eigenvalue weighted by atomic mass is 79.9. The van der Waals surface area contributed by atoms with Crippen LogP contribution in [0.1, 0.15) is 0 Å². The summed E-state index contributed by atoms with van der Waals surface area (Å²) in [5, 5.41) is 0. The molecule has 0 unspecified atom stereocenters. The van der Waals surface area contributed by atoms with Crippen LogP contribution in [0.15, 0.2) is 23.8 Å². The van der Waals surface area contributed by atoms with Gasteiger partial charge in [0.25, 0.3) is 0 Å². The Labute approximate surface area is 117 Å². The first-order valence-electron chi connectivity index (χ1n) is 1.88. The maximum absolute atomic E-state index is 11.4. The molecule has 0 aromatic carbocycles. The fraction of sp³-hybridized carbons (Fsp3) is 0. The lowest BCUT2D eigenvalue weighted by Gasteiger charge is -1.87. The predicted molar refractivity (Wildman–Crippen MR) is 62.0 cm³/mol. The Morgan fingerprint density at radius 3 is 0.643 bits per heavy atom. The molecule has 0 N–H and O–H groups in total. The van der Waals surface area contributed by atoms with Crippen LogP contribution in [0.3, 0.4) is 0 Å². The van der Waals surface area contributed by atoms with Gasteiger partial charge in [0.1, 0.15) is 0 Å². The van der Waals surface area contributed by atoms with Crippen LogP contribution in [-0.2, 0) is 0 Å². The Bertz CT molecular complexity index is 172. The maximum atomic E-state index is 11.4. The average Bonchev–Trinajstić information content (AvgIpc) is 1.84. The van der Waals surface area contributed by atoms with E-state index < -0.39 is 23.8 Å². The van der Waals surface area contributed by atoms with Crippen LogP contribution in [0.25, 0.3) is 0 Å². The van der Waals surface area contributed by atoms with Crippen molar-refractivity contribution in [3.05, 3.63) is 23.8 Å². The highest BCUT2D eigenvalue weighted by Crippen LogP contribution is 2.23. The number of hydrogen-bond acceptors (Lipinski definition) is 0. The summed E-state index contributed by atoms with van der Waals surface area (Å²) in [6.45, 7) is 0. The summed E-state index contributed by atoms with van der Waals surface area (Å²) < 4.78 is 66.5. The first-order chi connectivity index (χ1) is 4.46. The molecule has 0 aromatic heterocycles. The highest BCUT2D eigenvalue weighted by Gasteiger charge is 2.16. The van der Waals surface area contributed by atoms with Crippen LogP contribution in [0.5, 0.6) is 0 Å². The van der Waals surface area contributed by atoms with Crippen molar-refractivity contribution in [2.24, 2.45) is 0 Å². The van der Waals surface area contributed by atoms with Gasteiger partial charge >= 0.3 is 12.2 Å². The largest absolute Gasteiger partial charge is 0.308 e. The van der Waals surface area contributed by atoms with Crippen molar-refractivity contribution >= 4 is 67.9 Å². The average molecular weight is 486 g/mol. The fourth-order valence-electron chi connectivity index (χ4n) is 0.166. The first-order valence-corrected chi connectivity index (χ1v) is 1.88. The molecule has 0 saturated carbocycles. The lowest BCUT2D eigenvalue weighted by molar-refractivity contribution is 0.340. The number of halogens is 10. The molecule has 90 valence electrons. The zero-order valence-corrected chi connectivity index (χ0v) is 12.8. The molecule has 0 aromatic rings. The lowest BCUT2D eigenvalue weighted by atomic mass is 10.5. The Kier molecular flexibility index (Phi) is 29.4. The van der Waals surface area contributed by atoms with Crippen LogP contribution < -0.4 is 0 Å². The third kappa shape index (κ3) is 11.1. The minimum absolute atomic E-state index is 0. The van der Waals surface area contributed by atoms with Gasteiger partial charge < -0.3 is 0 Å². The van der Waals surface area contributed by atoms with Gasteiger partial charge in [-0.15, -0.1) is 67.9 Å². The Balaban J connectivity index is -0.0000000675. The van der Waals surface area contributed by atoms with E-state index in [2.05, 4.69) is 0 Å². The third-order valence-corrected chi connectivity index (χ3v) is 0.525. The van der Waals surface area contributed by atoms with Crippen molar-refractivity contribution in [2.45, 2.75) is 0 Å². The molecule has 0 aliphatic rings. The molecular formula is C4H4Br4F6. The van der Waals surface area contributed by atoms with Crippen LogP contribution in [0.2, 0.25) is 0 Å². The SMILES string of the molecule is Br.Br.Br.Br.FC(F)=C(F)C(F)=C(F)F. The second kappa shape index (κ2) is 14.0. The highest BCUT2D eigenvalue weighted by molar-refractivity contribution is 8.93. The van der Waals surface area contributed by atoms with Gasteiger partial charge in [-0.05, 0) is 0 Å². The second-order valence-electron chi connectivity index (χ2n) is 1.15. The first kappa shape index (κ1) is 29.4. The van der Waals surface area contributed by atoms with E-state index in [4.69, 9.17) is 0 Å². The zero-order chi connectivity index (χ0) is 8.31. The van der Waals surface area contributed by atoms with Gasteiger partial charge in [-0.1, -0.05) is 0 Å². The normalized spacial score (nSPS) is 6.43. The zero-order valence-electron chi connectivity index (χ0n) is 5.90. The number of rotatable bonds is 1. The second-order valence-corrected chi connectivity index (χ2v) is 1.15. The Hall–Kier alpha value is 0.980. The molecule has 0 fully saturated rings. The molecule has 0 rings (SSSR count). The summed E-state index contributed by atoms with van der Waals surface area (Å²) in [5.74, 6) is -5.64.